The Kier molecular flexibility index (Phi) is 11.0. The standard InChI is InChI=1S/C62H59N3/c1-40(2)44-21-29-50(30-22-44)63(51-31-23-45(24-32-51)41(3)4)59-39-54(37-48-15-9-11-17-55(48)59)65-58-20-14-13-19-57(58)61-60(65)38-49-16-10-12-18-56(49)62(61)64(52-33-25-46(26-34-52)42(5)6)53-35-27-47(28-36-53)43(7)8/h9-43H,1-8H3. The lowest BCUT2D eigenvalue weighted by atomic mass is 9.98. The predicted molar refractivity (Wildman–Crippen MR) is 282 cm³/mol. The van der Waals surface area contributed by atoms with E-state index in [1.54, 1.807) is 0 Å². The van der Waals surface area contributed by atoms with Gasteiger partial charge in [0.1, 0.15) is 0 Å². The van der Waals surface area contributed by atoms with Gasteiger partial charge in [-0.15, -0.1) is 0 Å². The molecule has 0 saturated carbocycles. The molecule has 0 fully saturated rings. The molecule has 0 aliphatic rings. The molecule has 0 spiro atoms. The maximum absolute atomic E-state index is 2.51. The first-order valence-corrected chi connectivity index (χ1v) is 23.5. The molecule has 9 aromatic carbocycles. The number of rotatable bonds is 11. The van der Waals surface area contributed by atoms with Gasteiger partial charge in [-0.3, -0.25) is 0 Å². The zero-order chi connectivity index (χ0) is 44.9. The minimum absolute atomic E-state index is 0.437. The van der Waals surface area contributed by atoms with Crippen LogP contribution >= 0.6 is 0 Å². The van der Waals surface area contributed by atoms with Gasteiger partial charge in [0.05, 0.1) is 22.4 Å². The summed E-state index contributed by atoms with van der Waals surface area (Å²) in [5.74, 6) is 1.76. The second-order valence-electron chi connectivity index (χ2n) is 19.0. The second kappa shape index (κ2) is 17.1. The van der Waals surface area contributed by atoms with Gasteiger partial charge in [-0.05, 0) is 129 Å². The average molecular weight is 846 g/mol. The molecule has 10 rings (SSSR count). The fraction of sp³-hybridized carbons (Fsp3) is 0.194. The Hall–Kier alpha value is -7.10. The van der Waals surface area contributed by atoms with Gasteiger partial charge < -0.3 is 14.4 Å². The summed E-state index contributed by atoms with van der Waals surface area (Å²) in [6, 6.07) is 70.8. The SMILES string of the molecule is CC(C)c1ccc(N(c2ccc(C(C)C)cc2)c2cc(-n3c4ccccc4c4c(N(c5ccc(C(C)C)cc5)c5ccc(C(C)C)cc5)c5ccccc5cc43)cc3ccccc23)cc1. The Labute approximate surface area is 385 Å². The molecule has 0 aliphatic heterocycles. The fourth-order valence-corrected chi connectivity index (χ4v) is 9.73. The summed E-state index contributed by atoms with van der Waals surface area (Å²) in [7, 11) is 0. The molecule has 0 unspecified atom stereocenters. The number of nitrogens with zero attached hydrogens (tertiary/aromatic N) is 3. The van der Waals surface area contributed by atoms with Crippen LogP contribution in [-0.2, 0) is 0 Å². The molecule has 0 amide bonds. The van der Waals surface area contributed by atoms with Gasteiger partial charge in [0.2, 0.25) is 0 Å². The summed E-state index contributed by atoms with van der Waals surface area (Å²) in [4.78, 5) is 4.96. The van der Waals surface area contributed by atoms with E-state index < -0.39 is 0 Å². The van der Waals surface area contributed by atoms with E-state index in [4.69, 9.17) is 0 Å². The van der Waals surface area contributed by atoms with Crippen molar-refractivity contribution in [2.24, 2.45) is 0 Å². The first-order valence-electron chi connectivity index (χ1n) is 23.5. The summed E-state index contributed by atoms with van der Waals surface area (Å²) < 4.78 is 2.51. The van der Waals surface area contributed by atoms with Crippen molar-refractivity contribution in [3.05, 3.63) is 210 Å². The first-order chi connectivity index (χ1) is 31.5. The Morgan fingerprint density at radius 1 is 0.338 bits per heavy atom. The van der Waals surface area contributed by atoms with Crippen LogP contribution in [0.15, 0.2) is 188 Å². The highest BCUT2D eigenvalue weighted by Crippen LogP contribution is 2.49. The van der Waals surface area contributed by atoms with Gasteiger partial charge >= 0.3 is 0 Å². The van der Waals surface area contributed by atoms with Crippen LogP contribution in [0.5, 0.6) is 0 Å². The van der Waals surface area contributed by atoms with Gasteiger partial charge in [-0.25, -0.2) is 0 Å². The third-order valence-corrected chi connectivity index (χ3v) is 13.5. The zero-order valence-electron chi connectivity index (χ0n) is 39.0. The molecule has 10 aromatic rings. The van der Waals surface area contributed by atoms with Crippen molar-refractivity contribution in [3.8, 4) is 5.69 Å². The van der Waals surface area contributed by atoms with Crippen LogP contribution in [0.2, 0.25) is 0 Å². The number of para-hydroxylation sites is 1. The van der Waals surface area contributed by atoms with Crippen LogP contribution in [0.25, 0.3) is 49.0 Å². The van der Waals surface area contributed by atoms with E-state index in [2.05, 4.69) is 258 Å². The molecule has 0 aliphatic carbocycles. The molecule has 3 nitrogen and oxygen atoms in total. The minimum Gasteiger partial charge on any atom is -0.310 e. The van der Waals surface area contributed by atoms with Gasteiger partial charge in [0.15, 0.2) is 0 Å². The largest absolute Gasteiger partial charge is 0.310 e. The molecule has 0 saturated heterocycles. The monoisotopic (exact) mass is 845 g/mol. The predicted octanol–water partition coefficient (Wildman–Crippen LogP) is 18.5. The summed E-state index contributed by atoms with van der Waals surface area (Å²) in [5.41, 5.74) is 15.6. The van der Waals surface area contributed by atoms with Crippen molar-refractivity contribution in [1.29, 1.82) is 0 Å². The van der Waals surface area contributed by atoms with Crippen LogP contribution < -0.4 is 9.80 Å². The Bertz CT molecular complexity index is 3190. The lowest BCUT2D eigenvalue weighted by Crippen LogP contribution is -2.12. The smallest absolute Gasteiger partial charge is 0.0640 e. The molecule has 1 aromatic heterocycles. The molecular weight excluding hydrogens is 787 g/mol. The molecule has 322 valence electrons. The average Bonchev–Trinajstić information content (AvgIpc) is 3.66. The lowest BCUT2D eigenvalue weighted by molar-refractivity contribution is 0.866. The molecule has 0 radical (unpaired) electrons. The van der Waals surface area contributed by atoms with Crippen molar-refractivity contribution in [1.82, 2.24) is 4.57 Å². The van der Waals surface area contributed by atoms with E-state index in [0.717, 1.165) is 39.6 Å². The summed E-state index contributed by atoms with van der Waals surface area (Å²) in [6.45, 7) is 18.1. The van der Waals surface area contributed by atoms with Crippen molar-refractivity contribution >= 4 is 77.5 Å². The number of hydrogen-bond donors (Lipinski definition) is 0. The van der Waals surface area contributed by atoms with E-state index in [1.807, 2.05) is 0 Å². The molecule has 1 heterocycles. The minimum atomic E-state index is 0.437. The summed E-state index contributed by atoms with van der Waals surface area (Å²) >= 11 is 0. The molecular formula is C62H59N3. The van der Waals surface area contributed by atoms with Crippen molar-refractivity contribution in [2.45, 2.75) is 79.1 Å². The van der Waals surface area contributed by atoms with Crippen molar-refractivity contribution < 1.29 is 0 Å². The maximum Gasteiger partial charge on any atom is 0.0640 e. The number of anilines is 6. The van der Waals surface area contributed by atoms with Crippen molar-refractivity contribution in [3.63, 3.8) is 0 Å². The Morgan fingerprint density at radius 3 is 1.18 bits per heavy atom. The van der Waals surface area contributed by atoms with Gasteiger partial charge in [0, 0.05) is 50.0 Å². The quantitative estimate of drug-likeness (QED) is 0.128. The van der Waals surface area contributed by atoms with E-state index in [0.29, 0.717) is 23.7 Å². The molecule has 0 atom stereocenters. The topological polar surface area (TPSA) is 11.4 Å². The Morgan fingerprint density at radius 2 is 0.723 bits per heavy atom. The highest BCUT2D eigenvalue weighted by atomic mass is 15.2. The van der Waals surface area contributed by atoms with Crippen LogP contribution in [0.1, 0.15) is 101 Å². The highest BCUT2D eigenvalue weighted by Gasteiger charge is 2.26. The summed E-state index contributed by atoms with van der Waals surface area (Å²) in [5, 5.41) is 7.23. The van der Waals surface area contributed by atoms with Crippen LogP contribution in [0, 0.1) is 0 Å². The van der Waals surface area contributed by atoms with Crippen LogP contribution in [0.3, 0.4) is 0 Å². The van der Waals surface area contributed by atoms with Gasteiger partial charge in [-0.2, -0.15) is 0 Å². The van der Waals surface area contributed by atoms with E-state index in [1.165, 1.54) is 65.8 Å². The number of benzene rings is 9. The molecule has 0 bridgehead atoms. The van der Waals surface area contributed by atoms with Crippen molar-refractivity contribution in [2.75, 3.05) is 9.80 Å². The number of fused-ring (bicyclic) bond motifs is 5. The number of aromatic nitrogens is 1. The zero-order valence-corrected chi connectivity index (χ0v) is 39.0. The number of hydrogen-bond acceptors (Lipinski definition) is 2. The third-order valence-electron chi connectivity index (χ3n) is 13.5. The highest BCUT2D eigenvalue weighted by molar-refractivity contribution is 6.24. The third kappa shape index (κ3) is 7.63. The van der Waals surface area contributed by atoms with Gasteiger partial charge in [-0.1, -0.05) is 171 Å². The molecule has 65 heavy (non-hydrogen) atoms. The maximum atomic E-state index is 2.51. The fourth-order valence-electron chi connectivity index (χ4n) is 9.73. The van der Waals surface area contributed by atoms with Gasteiger partial charge in [0.25, 0.3) is 0 Å². The summed E-state index contributed by atoms with van der Waals surface area (Å²) in [6.07, 6.45) is 0. The first kappa shape index (κ1) is 41.9. The normalized spacial score (nSPS) is 11.9. The van der Waals surface area contributed by atoms with E-state index in [-0.39, 0.29) is 0 Å². The Balaban J connectivity index is 1.28. The lowest BCUT2D eigenvalue weighted by Gasteiger charge is -2.29. The van der Waals surface area contributed by atoms with E-state index in [9.17, 15) is 0 Å². The molecule has 0 N–H and O–H groups in total. The second-order valence-corrected chi connectivity index (χ2v) is 19.0. The van der Waals surface area contributed by atoms with E-state index >= 15 is 0 Å². The molecule has 3 heteroatoms. The van der Waals surface area contributed by atoms with Crippen LogP contribution in [-0.4, -0.2) is 4.57 Å². The van der Waals surface area contributed by atoms with Crippen LogP contribution in [0.4, 0.5) is 34.1 Å².